The summed E-state index contributed by atoms with van der Waals surface area (Å²) < 4.78 is 73.0. The molecular weight excluding hydrogens is 444 g/mol. The third kappa shape index (κ3) is 4.45. The van der Waals surface area contributed by atoms with E-state index < -0.39 is 33.0 Å². The highest BCUT2D eigenvalue weighted by molar-refractivity contribution is 7.81. The van der Waals surface area contributed by atoms with E-state index in [1.165, 1.54) is 0 Å². The minimum Gasteiger partial charge on any atom is -0.264 e. The molecule has 31 heavy (non-hydrogen) atoms. The molecule has 8 nitrogen and oxygen atoms in total. The lowest BCUT2D eigenvalue weighted by atomic mass is 9.44. The summed E-state index contributed by atoms with van der Waals surface area (Å²) in [6.07, 6.45) is 7.38. The van der Waals surface area contributed by atoms with Crippen molar-refractivity contribution in [2.75, 3.05) is 0 Å². The quantitative estimate of drug-likeness (QED) is 0.564. The van der Waals surface area contributed by atoms with Gasteiger partial charge >= 0.3 is 20.8 Å². The van der Waals surface area contributed by atoms with Gasteiger partial charge in [0.05, 0.1) is 12.2 Å². The van der Waals surface area contributed by atoms with Gasteiger partial charge in [0.1, 0.15) is 0 Å². The van der Waals surface area contributed by atoms with Crippen LogP contribution in [0.4, 0.5) is 0 Å². The second-order valence-corrected chi connectivity index (χ2v) is 13.1. The molecule has 0 radical (unpaired) electrons. The molecular formula is C21H36O8S2. The molecule has 0 spiro atoms. The summed E-state index contributed by atoms with van der Waals surface area (Å²) in [6, 6.07) is 0. The minimum absolute atomic E-state index is 0.000248. The van der Waals surface area contributed by atoms with Crippen LogP contribution in [0.25, 0.3) is 0 Å². The van der Waals surface area contributed by atoms with E-state index in [-0.39, 0.29) is 16.7 Å². The third-order valence-electron chi connectivity index (χ3n) is 9.79. The molecule has 0 heterocycles. The third-order valence-corrected chi connectivity index (χ3v) is 10.9. The summed E-state index contributed by atoms with van der Waals surface area (Å²) in [5, 5.41) is 0. The zero-order chi connectivity index (χ0) is 22.8. The van der Waals surface area contributed by atoms with Gasteiger partial charge in [-0.2, -0.15) is 16.8 Å². The van der Waals surface area contributed by atoms with Gasteiger partial charge in [-0.1, -0.05) is 13.8 Å². The Labute approximate surface area is 186 Å². The van der Waals surface area contributed by atoms with Crippen LogP contribution in [0.15, 0.2) is 0 Å². The largest absolute Gasteiger partial charge is 0.397 e. The standard InChI is InChI=1S/C21H36O8S2/c1-13(28-30(22,23)24)17-6-7-18-16-5-4-14-12-15(29-31(25,26)27)8-10-20(14,2)19(16)9-11-21(17,18)3/h13-19H,4-12H2,1-3H3,(H,22,23,24)(H,25,26,27)/t13?,14-,15-,16-,17+,18-,19-,20-,21+/m0/s1. The van der Waals surface area contributed by atoms with Gasteiger partial charge in [-0.05, 0) is 105 Å². The highest BCUT2D eigenvalue weighted by Gasteiger charge is 2.61. The van der Waals surface area contributed by atoms with Gasteiger partial charge in [0.15, 0.2) is 0 Å². The Morgan fingerprint density at radius 1 is 0.839 bits per heavy atom. The Bertz CT molecular complexity index is 902. The molecule has 4 rings (SSSR count). The molecule has 0 bridgehead atoms. The molecule has 4 aliphatic carbocycles. The molecule has 180 valence electrons. The van der Waals surface area contributed by atoms with Crippen LogP contribution in [0.2, 0.25) is 0 Å². The number of hydrogen-bond donors (Lipinski definition) is 2. The highest BCUT2D eigenvalue weighted by atomic mass is 32.3. The van der Waals surface area contributed by atoms with Crippen LogP contribution in [0.1, 0.15) is 78.6 Å². The first kappa shape index (κ1) is 23.9. The lowest BCUT2D eigenvalue weighted by molar-refractivity contribution is -0.129. The first-order chi connectivity index (χ1) is 14.2. The average molecular weight is 481 g/mol. The Hall–Kier alpha value is -0.260. The molecule has 10 heteroatoms. The number of fused-ring (bicyclic) bond motifs is 5. The van der Waals surface area contributed by atoms with Crippen molar-refractivity contribution in [1.29, 1.82) is 0 Å². The van der Waals surface area contributed by atoms with Crippen LogP contribution in [0.3, 0.4) is 0 Å². The number of rotatable bonds is 5. The first-order valence-electron chi connectivity index (χ1n) is 11.5. The lowest BCUT2D eigenvalue weighted by Crippen LogP contribution is -2.54. The molecule has 4 aliphatic rings. The second kappa shape index (κ2) is 7.91. The SMILES string of the molecule is CC(OS(=O)(=O)O)[C@H]1CC[C@H]2[C@@H]3CC[C@H]4C[C@@H](OS(=O)(=O)O)CC[C@]4(C)[C@H]3CC[C@]12C. The van der Waals surface area contributed by atoms with E-state index in [0.29, 0.717) is 36.5 Å². The molecule has 0 amide bonds. The van der Waals surface area contributed by atoms with E-state index in [2.05, 4.69) is 13.8 Å². The van der Waals surface area contributed by atoms with Gasteiger partial charge in [-0.3, -0.25) is 9.11 Å². The van der Waals surface area contributed by atoms with Crippen molar-refractivity contribution in [1.82, 2.24) is 0 Å². The molecule has 4 fully saturated rings. The molecule has 2 N–H and O–H groups in total. The van der Waals surface area contributed by atoms with Crippen LogP contribution >= 0.6 is 0 Å². The summed E-state index contributed by atoms with van der Waals surface area (Å²) in [7, 11) is -8.89. The van der Waals surface area contributed by atoms with Gasteiger partial charge in [-0.25, -0.2) is 8.37 Å². The molecule has 0 aromatic carbocycles. The molecule has 1 unspecified atom stereocenters. The molecule has 4 saturated carbocycles. The summed E-state index contributed by atoms with van der Waals surface area (Å²) in [5.41, 5.74) is 0.137. The lowest BCUT2D eigenvalue weighted by Gasteiger charge is -2.61. The predicted octanol–water partition coefficient (Wildman–Crippen LogP) is 4.04. The number of hydrogen-bond acceptors (Lipinski definition) is 6. The van der Waals surface area contributed by atoms with E-state index in [4.69, 9.17) is 17.5 Å². The molecule has 0 aromatic rings. The van der Waals surface area contributed by atoms with Crippen LogP contribution in [-0.4, -0.2) is 38.1 Å². The molecule has 0 saturated heterocycles. The van der Waals surface area contributed by atoms with E-state index >= 15 is 0 Å². The van der Waals surface area contributed by atoms with Crippen molar-refractivity contribution in [3.8, 4) is 0 Å². The fourth-order valence-corrected chi connectivity index (χ4v) is 9.59. The minimum atomic E-state index is -4.47. The van der Waals surface area contributed by atoms with Crippen molar-refractivity contribution in [2.45, 2.75) is 90.8 Å². The van der Waals surface area contributed by atoms with E-state index in [1.807, 2.05) is 0 Å². The van der Waals surface area contributed by atoms with Gasteiger partial charge in [0.2, 0.25) is 0 Å². The van der Waals surface area contributed by atoms with E-state index in [1.54, 1.807) is 6.92 Å². The monoisotopic (exact) mass is 480 g/mol. The zero-order valence-corrected chi connectivity index (χ0v) is 20.2. The van der Waals surface area contributed by atoms with Crippen molar-refractivity contribution in [3.63, 3.8) is 0 Å². The molecule has 0 aliphatic heterocycles. The maximum absolute atomic E-state index is 11.3. The van der Waals surface area contributed by atoms with Crippen LogP contribution < -0.4 is 0 Å². The van der Waals surface area contributed by atoms with Crippen molar-refractivity contribution >= 4 is 20.8 Å². The zero-order valence-electron chi connectivity index (χ0n) is 18.6. The van der Waals surface area contributed by atoms with E-state index in [9.17, 15) is 16.8 Å². The summed E-state index contributed by atoms with van der Waals surface area (Å²) in [5.74, 6) is 2.13. The van der Waals surface area contributed by atoms with Crippen LogP contribution in [-0.2, 0) is 29.2 Å². The highest BCUT2D eigenvalue weighted by Crippen LogP contribution is 2.68. The maximum Gasteiger partial charge on any atom is 0.397 e. The summed E-state index contributed by atoms with van der Waals surface area (Å²) in [4.78, 5) is 0. The van der Waals surface area contributed by atoms with Crippen molar-refractivity contribution in [2.24, 2.45) is 40.4 Å². The Morgan fingerprint density at radius 3 is 2.13 bits per heavy atom. The van der Waals surface area contributed by atoms with Crippen LogP contribution in [0.5, 0.6) is 0 Å². The van der Waals surface area contributed by atoms with Gasteiger partial charge in [0.25, 0.3) is 0 Å². The summed E-state index contributed by atoms with van der Waals surface area (Å²) in [6.45, 7) is 6.39. The summed E-state index contributed by atoms with van der Waals surface area (Å²) >= 11 is 0. The maximum atomic E-state index is 11.3. The second-order valence-electron chi connectivity index (χ2n) is 11.0. The fraction of sp³-hybridized carbons (Fsp3) is 1.00. The fourth-order valence-electron chi connectivity index (χ4n) is 8.55. The van der Waals surface area contributed by atoms with Crippen LogP contribution in [0, 0.1) is 40.4 Å². The van der Waals surface area contributed by atoms with Gasteiger partial charge in [-0.15, -0.1) is 0 Å². The Morgan fingerprint density at radius 2 is 1.48 bits per heavy atom. The van der Waals surface area contributed by atoms with Crippen molar-refractivity contribution in [3.05, 3.63) is 0 Å². The normalized spacial score (nSPS) is 46.6. The molecule has 0 aromatic heterocycles. The van der Waals surface area contributed by atoms with Crippen molar-refractivity contribution < 1.29 is 34.3 Å². The van der Waals surface area contributed by atoms with Gasteiger partial charge < -0.3 is 0 Å². The Balaban J connectivity index is 1.50. The average Bonchev–Trinajstić information content (AvgIpc) is 2.97. The topological polar surface area (TPSA) is 127 Å². The molecule has 9 atom stereocenters. The predicted molar refractivity (Wildman–Crippen MR) is 114 cm³/mol. The van der Waals surface area contributed by atoms with E-state index in [0.717, 1.165) is 44.9 Å². The first-order valence-corrected chi connectivity index (χ1v) is 14.3. The smallest absolute Gasteiger partial charge is 0.264 e. The Kier molecular flexibility index (Phi) is 6.09. The van der Waals surface area contributed by atoms with Gasteiger partial charge in [0, 0.05) is 0 Å².